The molecule has 0 aromatic heterocycles. The van der Waals surface area contributed by atoms with E-state index in [2.05, 4.69) is 22.9 Å². The van der Waals surface area contributed by atoms with Crippen LogP contribution in [-0.2, 0) is 4.74 Å². The Morgan fingerprint density at radius 3 is 2.43 bits per heavy atom. The third-order valence-corrected chi connectivity index (χ3v) is 5.96. The zero-order valence-corrected chi connectivity index (χ0v) is 15.7. The van der Waals surface area contributed by atoms with Crippen molar-refractivity contribution in [3.8, 4) is 0 Å². The van der Waals surface area contributed by atoms with Crippen LogP contribution in [0.15, 0.2) is 12.1 Å². The van der Waals surface area contributed by atoms with Gasteiger partial charge in [-0.1, -0.05) is 60.7 Å². The summed E-state index contributed by atoms with van der Waals surface area (Å²) in [5.41, 5.74) is 0.760. The van der Waals surface area contributed by atoms with Gasteiger partial charge in [-0.25, -0.2) is 8.78 Å². The number of ether oxygens (including phenoxy) is 1. The summed E-state index contributed by atoms with van der Waals surface area (Å²) in [6, 6.07) is 3.38. The molecule has 0 bridgehead atoms. The molecule has 1 fully saturated rings. The first-order chi connectivity index (χ1) is 11.1. The zero-order chi connectivity index (χ0) is 16.8. The lowest BCUT2D eigenvalue weighted by atomic mass is 9.76. The lowest BCUT2D eigenvalue weighted by molar-refractivity contribution is 0.176. The van der Waals surface area contributed by atoms with Gasteiger partial charge in [0.15, 0.2) is 11.6 Å². The Balaban J connectivity index is 2.00. The molecule has 23 heavy (non-hydrogen) atoms. The van der Waals surface area contributed by atoms with Crippen molar-refractivity contribution >= 4 is 15.9 Å². The van der Waals surface area contributed by atoms with E-state index in [1.54, 1.807) is 12.1 Å². The molecule has 1 atom stereocenters. The van der Waals surface area contributed by atoms with Crippen molar-refractivity contribution in [2.45, 2.75) is 69.2 Å². The highest BCUT2D eigenvalue weighted by Crippen LogP contribution is 2.40. The second-order valence-corrected chi connectivity index (χ2v) is 7.47. The molecule has 4 heteroatoms. The van der Waals surface area contributed by atoms with Gasteiger partial charge in [0, 0.05) is 12.7 Å². The van der Waals surface area contributed by atoms with Crippen LogP contribution in [-0.4, -0.2) is 7.11 Å². The Morgan fingerprint density at radius 1 is 1.13 bits per heavy atom. The maximum absolute atomic E-state index is 14.4. The molecule has 2 rings (SSSR count). The first-order valence-electron chi connectivity index (χ1n) is 8.73. The molecule has 1 saturated carbocycles. The highest BCUT2D eigenvalue weighted by molar-refractivity contribution is 9.09. The summed E-state index contributed by atoms with van der Waals surface area (Å²) >= 11 is 3.20. The Morgan fingerprint density at radius 2 is 1.83 bits per heavy atom. The van der Waals surface area contributed by atoms with Crippen LogP contribution >= 0.6 is 15.9 Å². The number of hydrogen-bond acceptors (Lipinski definition) is 1. The van der Waals surface area contributed by atoms with Crippen LogP contribution < -0.4 is 0 Å². The standard InChI is InChI=1S/C19H27BrF2O/c1-3-4-5-6-13-7-9-14(10-8-13)15-11-12-16(19(20)23-2)18(22)17(15)21/h11-14,19H,3-10H2,1-2H3. The fourth-order valence-corrected chi connectivity index (χ4v) is 4.00. The van der Waals surface area contributed by atoms with Crippen molar-refractivity contribution < 1.29 is 13.5 Å². The topological polar surface area (TPSA) is 9.23 Å². The van der Waals surface area contributed by atoms with Crippen molar-refractivity contribution in [1.29, 1.82) is 0 Å². The highest BCUT2D eigenvalue weighted by atomic mass is 79.9. The van der Waals surface area contributed by atoms with Crippen molar-refractivity contribution in [3.63, 3.8) is 0 Å². The molecule has 0 saturated heterocycles. The first kappa shape index (κ1) is 18.9. The average Bonchev–Trinajstić information content (AvgIpc) is 2.57. The minimum absolute atomic E-state index is 0.150. The van der Waals surface area contributed by atoms with E-state index >= 15 is 0 Å². The van der Waals surface area contributed by atoms with Gasteiger partial charge in [-0.15, -0.1) is 0 Å². The first-order valence-corrected chi connectivity index (χ1v) is 9.64. The van der Waals surface area contributed by atoms with Gasteiger partial charge in [0.2, 0.25) is 0 Å². The molecule has 1 unspecified atom stereocenters. The molecular weight excluding hydrogens is 362 g/mol. The molecule has 1 aromatic carbocycles. The molecule has 0 spiro atoms. The summed E-state index contributed by atoms with van der Waals surface area (Å²) in [7, 11) is 1.46. The number of alkyl halides is 1. The van der Waals surface area contributed by atoms with E-state index < -0.39 is 16.6 Å². The Hall–Kier alpha value is -0.480. The second-order valence-electron chi connectivity index (χ2n) is 6.64. The Labute approximate surface area is 146 Å². The van der Waals surface area contributed by atoms with Gasteiger partial charge in [0.25, 0.3) is 0 Å². The van der Waals surface area contributed by atoms with Gasteiger partial charge in [0.1, 0.15) is 5.01 Å². The second kappa shape index (κ2) is 9.12. The molecule has 0 aliphatic heterocycles. The molecule has 1 aromatic rings. The van der Waals surface area contributed by atoms with Gasteiger partial charge >= 0.3 is 0 Å². The van der Waals surface area contributed by atoms with Gasteiger partial charge in [-0.2, -0.15) is 0 Å². The molecule has 0 radical (unpaired) electrons. The predicted octanol–water partition coefficient (Wildman–Crippen LogP) is 6.86. The molecule has 130 valence electrons. The van der Waals surface area contributed by atoms with E-state index in [1.807, 2.05) is 0 Å². The summed E-state index contributed by atoms with van der Waals surface area (Å²) in [6.07, 6.45) is 9.34. The number of methoxy groups -OCH3 is 1. The third kappa shape index (κ3) is 4.76. The SMILES string of the molecule is CCCCCC1CCC(c2ccc(C(Br)OC)c(F)c2F)CC1. The van der Waals surface area contributed by atoms with Crippen molar-refractivity contribution in [1.82, 2.24) is 0 Å². The molecular formula is C19H27BrF2O. The highest BCUT2D eigenvalue weighted by Gasteiger charge is 2.27. The number of halogens is 3. The smallest absolute Gasteiger partial charge is 0.165 e. The van der Waals surface area contributed by atoms with Crippen molar-refractivity contribution in [2.75, 3.05) is 7.11 Å². The van der Waals surface area contributed by atoms with Crippen LogP contribution in [0.3, 0.4) is 0 Å². The Kier molecular flexibility index (Phi) is 7.48. The minimum Gasteiger partial charge on any atom is -0.365 e. The van der Waals surface area contributed by atoms with Gasteiger partial charge in [-0.05, 0) is 43.1 Å². The van der Waals surface area contributed by atoms with E-state index in [0.717, 1.165) is 31.6 Å². The summed E-state index contributed by atoms with van der Waals surface area (Å²) in [5, 5.41) is -0.611. The van der Waals surface area contributed by atoms with Crippen LogP contribution in [0, 0.1) is 17.6 Å². The van der Waals surface area contributed by atoms with Crippen LogP contribution in [0.2, 0.25) is 0 Å². The molecule has 1 nitrogen and oxygen atoms in total. The lowest BCUT2D eigenvalue weighted by Gasteiger charge is -2.29. The third-order valence-electron chi connectivity index (χ3n) is 5.10. The van der Waals surface area contributed by atoms with Gasteiger partial charge < -0.3 is 4.74 Å². The van der Waals surface area contributed by atoms with Crippen molar-refractivity contribution in [2.24, 2.45) is 5.92 Å². The Bertz CT molecular complexity index is 498. The molecule has 1 aliphatic carbocycles. The predicted molar refractivity (Wildman–Crippen MR) is 93.9 cm³/mol. The molecule has 0 amide bonds. The van der Waals surface area contributed by atoms with Crippen LogP contribution in [0.5, 0.6) is 0 Å². The summed E-state index contributed by atoms with van der Waals surface area (Å²) in [4.78, 5) is 0. The number of unbranched alkanes of at least 4 members (excludes halogenated alkanes) is 2. The van der Waals surface area contributed by atoms with E-state index in [1.165, 1.54) is 32.8 Å². The molecule has 0 heterocycles. The van der Waals surface area contributed by atoms with Crippen LogP contribution in [0.25, 0.3) is 0 Å². The summed E-state index contributed by atoms with van der Waals surface area (Å²) < 4.78 is 33.7. The van der Waals surface area contributed by atoms with E-state index in [4.69, 9.17) is 4.74 Å². The van der Waals surface area contributed by atoms with Gasteiger partial charge in [-0.3, -0.25) is 0 Å². The fraction of sp³-hybridized carbons (Fsp3) is 0.684. The molecule has 1 aliphatic rings. The monoisotopic (exact) mass is 388 g/mol. The number of benzene rings is 1. The van der Waals surface area contributed by atoms with Gasteiger partial charge in [0.05, 0.1) is 0 Å². The lowest BCUT2D eigenvalue weighted by Crippen LogP contribution is -2.15. The van der Waals surface area contributed by atoms with Crippen molar-refractivity contribution in [3.05, 3.63) is 34.9 Å². The summed E-state index contributed by atoms with van der Waals surface area (Å²) in [5.74, 6) is -0.558. The van der Waals surface area contributed by atoms with Crippen LogP contribution in [0.4, 0.5) is 8.78 Å². The number of hydrogen-bond donors (Lipinski definition) is 0. The maximum Gasteiger partial charge on any atom is 0.165 e. The van der Waals surface area contributed by atoms with E-state index in [9.17, 15) is 8.78 Å². The normalized spacial score (nSPS) is 23.0. The zero-order valence-electron chi connectivity index (χ0n) is 14.1. The van der Waals surface area contributed by atoms with E-state index in [-0.39, 0.29) is 11.5 Å². The average molecular weight is 389 g/mol. The van der Waals surface area contributed by atoms with E-state index in [0.29, 0.717) is 5.56 Å². The largest absolute Gasteiger partial charge is 0.365 e. The quantitative estimate of drug-likeness (QED) is 0.366. The van der Waals surface area contributed by atoms with Crippen LogP contribution in [0.1, 0.15) is 80.3 Å². The maximum atomic E-state index is 14.4. The molecule has 0 N–H and O–H groups in total. The minimum atomic E-state index is -0.781. The summed E-state index contributed by atoms with van der Waals surface area (Å²) in [6.45, 7) is 2.22. The number of rotatable bonds is 7. The fourth-order valence-electron chi connectivity index (χ4n) is 3.64.